The van der Waals surface area contributed by atoms with Crippen molar-refractivity contribution in [3.05, 3.63) is 45.1 Å². The zero-order valence-corrected chi connectivity index (χ0v) is 15.4. The van der Waals surface area contributed by atoms with E-state index in [4.69, 9.17) is 0 Å². The van der Waals surface area contributed by atoms with E-state index in [0.717, 1.165) is 21.2 Å². The molecule has 0 amide bonds. The van der Waals surface area contributed by atoms with E-state index in [1.165, 1.54) is 10.6 Å². The molecule has 0 saturated carbocycles. The number of thioether (sulfide) groups is 1. The summed E-state index contributed by atoms with van der Waals surface area (Å²) in [6.07, 6.45) is 1.87. The fourth-order valence-electron chi connectivity index (χ4n) is 1.98. The third-order valence-electron chi connectivity index (χ3n) is 3.04. The summed E-state index contributed by atoms with van der Waals surface area (Å²) in [4.78, 5) is 1.27. The van der Waals surface area contributed by atoms with Gasteiger partial charge >= 0.3 is 0 Å². The molecular weight excluding hydrogens is 402 g/mol. The second-order valence-corrected chi connectivity index (χ2v) is 7.16. The summed E-state index contributed by atoms with van der Waals surface area (Å²) in [6.45, 7) is 2.99. The predicted molar refractivity (Wildman–Crippen MR) is 92.3 cm³/mol. The molecule has 1 heterocycles. The van der Waals surface area contributed by atoms with E-state index in [-0.39, 0.29) is 6.04 Å². The summed E-state index contributed by atoms with van der Waals surface area (Å²) >= 11 is 8.90. The zero-order valence-electron chi connectivity index (χ0n) is 11.4. The standard InChI is InChI=1S/C14H17Br2N3S/c1-3-19-14(12(16)8-18-19)13(17-2)9-20-11-6-4-10(15)5-7-11/h4-8,13,17H,3,9H2,1-2H3. The Bertz CT molecular complexity index is 554. The number of rotatable bonds is 6. The summed E-state index contributed by atoms with van der Waals surface area (Å²) < 4.78 is 4.21. The average molecular weight is 419 g/mol. The highest BCUT2D eigenvalue weighted by Crippen LogP contribution is 2.29. The van der Waals surface area contributed by atoms with E-state index in [1.54, 1.807) is 0 Å². The highest BCUT2D eigenvalue weighted by Gasteiger charge is 2.18. The first-order valence-corrected chi connectivity index (χ1v) is 8.99. The summed E-state index contributed by atoms with van der Waals surface area (Å²) in [5.74, 6) is 0.961. The molecule has 0 fully saturated rings. The van der Waals surface area contributed by atoms with Gasteiger partial charge in [0.1, 0.15) is 0 Å². The van der Waals surface area contributed by atoms with Gasteiger partial charge in [0.05, 0.1) is 22.4 Å². The molecule has 0 saturated heterocycles. The van der Waals surface area contributed by atoms with E-state index in [1.807, 2.05) is 29.7 Å². The van der Waals surface area contributed by atoms with Gasteiger partial charge in [-0.3, -0.25) is 4.68 Å². The molecule has 1 unspecified atom stereocenters. The van der Waals surface area contributed by atoms with E-state index in [2.05, 4.69) is 73.5 Å². The Labute approximate surface area is 140 Å². The first kappa shape index (κ1) is 16.1. The Morgan fingerprint density at radius 3 is 2.60 bits per heavy atom. The maximum atomic E-state index is 4.38. The normalized spacial score (nSPS) is 12.6. The van der Waals surface area contributed by atoms with Crippen LogP contribution in [-0.2, 0) is 6.54 Å². The van der Waals surface area contributed by atoms with E-state index >= 15 is 0 Å². The Hall–Kier alpha value is -0.300. The molecule has 0 aliphatic carbocycles. The zero-order chi connectivity index (χ0) is 14.5. The maximum Gasteiger partial charge on any atom is 0.0704 e. The molecule has 0 aliphatic rings. The van der Waals surface area contributed by atoms with Crippen LogP contribution in [-0.4, -0.2) is 22.6 Å². The summed E-state index contributed by atoms with van der Waals surface area (Å²) in [5, 5.41) is 7.76. The lowest BCUT2D eigenvalue weighted by Gasteiger charge is -2.18. The third kappa shape index (κ3) is 3.87. The lowest BCUT2D eigenvalue weighted by Crippen LogP contribution is -2.22. The highest BCUT2D eigenvalue weighted by atomic mass is 79.9. The lowest BCUT2D eigenvalue weighted by molar-refractivity contribution is 0.547. The van der Waals surface area contributed by atoms with Crippen molar-refractivity contribution in [3.8, 4) is 0 Å². The van der Waals surface area contributed by atoms with E-state index in [9.17, 15) is 0 Å². The molecule has 1 aromatic heterocycles. The van der Waals surface area contributed by atoms with Gasteiger partial charge in [-0.15, -0.1) is 11.8 Å². The second kappa shape index (κ2) is 7.64. The third-order valence-corrected chi connectivity index (χ3v) is 5.29. The van der Waals surface area contributed by atoms with Crippen LogP contribution in [0.4, 0.5) is 0 Å². The van der Waals surface area contributed by atoms with Crippen LogP contribution in [0.3, 0.4) is 0 Å². The Morgan fingerprint density at radius 2 is 2.00 bits per heavy atom. The first-order chi connectivity index (χ1) is 9.65. The highest BCUT2D eigenvalue weighted by molar-refractivity contribution is 9.10. The monoisotopic (exact) mass is 417 g/mol. The summed E-state index contributed by atoms with van der Waals surface area (Å²) in [6, 6.07) is 8.67. The molecule has 0 spiro atoms. The number of hydrogen-bond donors (Lipinski definition) is 1. The van der Waals surface area contributed by atoms with Gasteiger partial charge in [0.15, 0.2) is 0 Å². The number of aryl methyl sites for hydroxylation is 1. The van der Waals surface area contributed by atoms with Crippen molar-refractivity contribution in [1.82, 2.24) is 15.1 Å². The van der Waals surface area contributed by atoms with Crippen LogP contribution in [0.15, 0.2) is 44.3 Å². The van der Waals surface area contributed by atoms with Gasteiger partial charge in [-0.2, -0.15) is 5.10 Å². The van der Waals surface area contributed by atoms with Crippen LogP contribution in [0.2, 0.25) is 0 Å². The molecule has 0 aliphatic heterocycles. The summed E-state index contributed by atoms with van der Waals surface area (Å²) in [7, 11) is 1.99. The number of nitrogens with zero attached hydrogens (tertiary/aromatic N) is 2. The Morgan fingerprint density at radius 1 is 1.30 bits per heavy atom. The van der Waals surface area contributed by atoms with Crippen molar-refractivity contribution in [1.29, 1.82) is 0 Å². The van der Waals surface area contributed by atoms with Crippen LogP contribution in [0.1, 0.15) is 18.7 Å². The number of halogens is 2. The average Bonchev–Trinajstić information content (AvgIpc) is 2.83. The molecule has 0 bridgehead atoms. The fraction of sp³-hybridized carbons (Fsp3) is 0.357. The molecule has 20 heavy (non-hydrogen) atoms. The van der Waals surface area contributed by atoms with Gasteiger partial charge in [-0.05, 0) is 54.2 Å². The topological polar surface area (TPSA) is 29.9 Å². The molecular formula is C14H17Br2N3S. The Kier molecular flexibility index (Phi) is 6.14. The molecule has 108 valence electrons. The number of nitrogens with one attached hydrogen (secondary N) is 1. The number of hydrogen-bond acceptors (Lipinski definition) is 3. The van der Waals surface area contributed by atoms with Crippen molar-refractivity contribution in [3.63, 3.8) is 0 Å². The number of aromatic nitrogens is 2. The molecule has 0 radical (unpaired) electrons. The lowest BCUT2D eigenvalue weighted by atomic mass is 10.2. The quantitative estimate of drug-likeness (QED) is 0.701. The SMILES string of the molecule is CCn1ncc(Br)c1C(CSc1ccc(Br)cc1)NC. The van der Waals surface area contributed by atoms with Crippen LogP contribution in [0.25, 0.3) is 0 Å². The van der Waals surface area contributed by atoms with Gasteiger partial charge in [-0.25, -0.2) is 0 Å². The second-order valence-electron chi connectivity index (χ2n) is 4.30. The minimum absolute atomic E-state index is 0.264. The van der Waals surface area contributed by atoms with Crippen molar-refractivity contribution in [2.45, 2.75) is 24.4 Å². The van der Waals surface area contributed by atoms with Crippen LogP contribution < -0.4 is 5.32 Å². The molecule has 1 atom stereocenters. The van der Waals surface area contributed by atoms with E-state index in [0.29, 0.717) is 0 Å². The molecule has 1 N–H and O–H groups in total. The van der Waals surface area contributed by atoms with Crippen molar-refractivity contribution in [2.75, 3.05) is 12.8 Å². The van der Waals surface area contributed by atoms with Crippen LogP contribution >= 0.6 is 43.6 Å². The summed E-state index contributed by atoms with van der Waals surface area (Å²) in [5.41, 5.74) is 1.21. The van der Waals surface area contributed by atoms with Crippen LogP contribution in [0, 0.1) is 0 Å². The molecule has 6 heteroatoms. The minimum atomic E-state index is 0.264. The maximum absolute atomic E-state index is 4.38. The van der Waals surface area contributed by atoms with Crippen molar-refractivity contribution in [2.24, 2.45) is 0 Å². The Balaban J connectivity index is 2.09. The minimum Gasteiger partial charge on any atom is -0.311 e. The molecule has 2 aromatic rings. The van der Waals surface area contributed by atoms with Crippen molar-refractivity contribution >= 4 is 43.6 Å². The molecule has 1 aromatic carbocycles. The van der Waals surface area contributed by atoms with Gasteiger partial charge < -0.3 is 5.32 Å². The van der Waals surface area contributed by atoms with Gasteiger partial charge in [-0.1, -0.05) is 15.9 Å². The van der Waals surface area contributed by atoms with Gasteiger partial charge in [0, 0.05) is 21.7 Å². The fourth-order valence-corrected chi connectivity index (χ4v) is 3.83. The molecule has 3 nitrogen and oxygen atoms in total. The number of benzene rings is 1. The van der Waals surface area contributed by atoms with Crippen molar-refractivity contribution < 1.29 is 0 Å². The molecule has 2 rings (SSSR count). The van der Waals surface area contributed by atoms with E-state index < -0.39 is 0 Å². The largest absolute Gasteiger partial charge is 0.311 e. The van der Waals surface area contributed by atoms with Gasteiger partial charge in [0.2, 0.25) is 0 Å². The predicted octanol–water partition coefficient (Wildman–Crippen LogP) is 4.48. The smallest absolute Gasteiger partial charge is 0.0704 e. The van der Waals surface area contributed by atoms with Gasteiger partial charge in [0.25, 0.3) is 0 Å². The first-order valence-electron chi connectivity index (χ1n) is 6.42. The van der Waals surface area contributed by atoms with Crippen LogP contribution in [0.5, 0.6) is 0 Å².